The van der Waals surface area contributed by atoms with Crippen molar-refractivity contribution in [3.63, 3.8) is 0 Å². The smallest absolute Gasteiger partial charge is 0.234 e. The van der Waals surface area contributed by atoms with E-state index < -0.39 is 5.92 Å². The number of nitrogens with zero attached hydrogens (tertiary/aromatic N) is 4. The number of nitriles is 1. The molecule has 1 atom stereocenters. The second-order valence-corrected chi connectivity index (χ2v) is 12.1. The maximum atomic E-state index is 13.4. The third-order valence-corrected chi connectivity index (χ3v) is 9.27. The van der Waals surface area contributed by atoms with Crippen molar-refractivity contribution < 1.29 is 19.1 Å². The minimum absolute atomic E-state index is 0.0385. The fourth-order valence-electron chi connectivity index (χ4n) is 5.29. The van der Waals surface area contributed by atoms with Gasteiger partial charge in [0.15, 0.2) is 21.6 Å². The summed E-state index contributed by atoms with van der Waals surface area (Å²) in [5.74, 6) is 0.531. The van der Waals surface area contributed by atoms with Crippen LogP contribution in [0.25, 0.3) is 0 Å². The number of aromatic nitrogens is 2. The molecule has 0 fully saturated rings. The topological polar surface area (TPSA) is 143 Å². The average Bonchev–Trinajstić information content (AvgIpc) is 3.45. The van der Waals surface area contributed by atoms with E-state index in [4.69, 9.17) is 15.2 Å². The summed E-state index contributed by atoms with van der Waals surface area (Å²) < 4.78 is 11.4. The summed E-state index contributed by atoms with van der Waals surface area (Å²) in [5, 5.41) is 22.3. The third-order valence-electron chi connectivity index (χ3n) is 7.22. The number of thioether (sulfide) groups is 1. The molecule has 3 N–H and O–H groups in total. The van der Waals surface area contributed by atoms with Gasteiger partial charge in [0.1, 0.15) is 5.82 Å². The lowest BCUT2D eigenvalue weighted by Crippen LogP contribution is -2.38. The Hall–Kier alpha value is -4.34. The summed E-state index contributed by atoms with van der Waals surface area (Å²) in [6.07, 6.45) is 1.62. The summed E-state index contributed by atoms with van der Waals surface area (Å²) in [6, 6.07) is 13.5. The van der Waals surface area contributed by atoms with Gasteiger partial charge < -0.3 is 20.5 Å². The highest BCUT2D eigenvalue weighted by atomic mass is 32.2. The maximum absolute atomic E-state index is 13.4. The van der Waals surface area contributed by atoms with Crippen LogP contribution in [0.4, 0.5) is 10.8 Å². The number of nitrogens with one attached hydrogen (secondary N) is 1. The van der Waals surface area contributed by atoms with Gasteiger partial charge in [0.2, 0.25) is 11.0 Å². The molecule has 1 aromatic heterocycles. The van der Waals surface area contributed by atoms with Crippen molar-refractivity contribution in [1.82, 2.24) is 10.2 Å². The molecule has 2 aliphatic rings. The van der Waals surface area contributed by atoms with Crippen molar-refractivity contribution >= 4 is 45.6 Å². The Kier molecular flexibility index (Phi) is 8.51. The van der Waals surface area contributed by atoms with Gasteiger partial charge >= 0.3 is 0 Å². The van der Waals surface area contributed by atoms with E-state index in [1.807, 2.05) is 38.1 Å². The van der Waals surface area contributed by atoms with Gasteiger partial charge in [-0.2, -0.15) is 5.26 Å². The SMILES string of the molecule is COc1ccc(C2C(C#N)=C(N)N(c3nnc(SCC(=O)Nc4ccc(C)cc4C)s3)C3=C2C(=O)CCC3)cc1OC. The molecule has 0 bridgehead atoms. The first-order valence-electron chi connectivity index (χ1n) is 13.3. The lowest BCUT2D eigenvalue weighted by molar-refractivity contribution is -0.116. The summed E-state index contributed by atoms with van der Waals surface area (Å²) >= 11 is 2.52. The van der Waals surface area contributed by atoms with Crippen LogP contribution in [-0.4, -0.2) is 41.9 Å². The van der Waals surface area contributed by atoms with E-state index in [-0.39, 0.29) is 28.8 Å². The predicted octanol–water partition coefficient (Wildman–Crippen LogP) is 5.21. The van der Waals surface area contributed by atoms with E-state index >= 15 is 0 Å². The Morgan fingerprint density at radius 2 is 1.95 bits per heavy atom. The predicted molar refractivity (Wildman–Crippen MR) is 163 cm³/mol. The fraction of sp³-hybridized carbons (Fsp3) is 0.300. The van der Waals surface area contributed by atoms with Crippen molar-refractivity contribution in [2.24, 2.45) is 5.73 Å². The molecular formula is C30H30N6O4S2. The molecule has 42 heavy (non-hydrogen) atoms. The van der Waals surface area contributed by atoms with Gasteiger partial charge in [-0.1, -0.05) is 46.9 Å². The highest BCUT2D eigenvalue weighted by molar-refractivity contribution is 8.01. The van der Waals surface area contributed by atoms with E-state index in [0.29, 0.717) is 57.1 Å². The van der Waals surface area contributed by atoms with E-state index in [2.05, 4.69) is 21.6 Å². The number of hydrogen-bond donors (Lipinski definition) is 2. The molecule has 0 radical (unpaired) electrons. The average molecular weight is 603 g/mol. The number of benzene rings is 2. The zero-order chi connectivity index (χ0) is 30.0. The van der Waals surface area contributed by atoms with Crippen molar-refractivity contribution in [2.45, 2.75) is 43.4 Å². The van der Waals surface area contributed by atoms with Gasteiger partial charge in [-0.15, -0.1) is 10.2 Å². The van der Waals surface area contributed by atoms with Gasteiger partial charge in [-0.25, -0.2) is 0 Å². The largest absolute Gasteiger partial charge is 0.493 e. The van der Waals surface area contributed by atoms with E-state index in [9.17, 15) is 14.9 Å². The van der Waals surface area contributed by atoms with Crippen LogP contribution in [0.2, 0.25) is 0 Å². The van der Waals surface area contributed by atoms with Crippen LogP contribution < -0.4 is 25.4 Å². The lowest BCUT2D eigenvalue weighted by atomic mass is 9.75. The van der Waals surface area contributed by atoms with Gasteiger partial charge in [-0.05, 0) is 56.0 Å². The Balaban J connectivity index is 1.43. The van der Waals surface area contributed by atoms with Gasteiger partial charge in [0.05, 0.1) is 37.5 Å². The van der Waals surface area contributed by atoms with Crippen LogP contribution in [0, 0.1) is 25.2 Å². The molecule has 1 amide bonds. The second-order valence-electron chi connectivity index (χ2n) is 9.94. The third kappa shape index (κ3) is 5.57. The zero-order valence-electron chi connectivity index (χ0n) is 23.7. The fourth-order valence-corrected chi connectivity index (χ4v) is 6.97. The number of amides is 1. The van der Waals surface area contributed by atoms with Crippen LogP contribution in [0.15, 0.2) is 63.4 Å². The first-order valence-corrected chi connectivity index (χ1v) is 15.1. The summed E-state index contributed by atoms with van der Waals surface area (Å²) in [4.78, 5) is 27.7. The van der Waals surface area contributed by atoms with Crippen LogP contribution in [-0.2, 0) is 9.59 Å². The van der Waals surface area contributed by atoms with Crippen LogP contribution in [0.5, 0.6) is 11.5 Å². The minimum atomic E-state index is -0.649. The maximum Gasteiger partial charge on any atom is 0.234 e. The second kappa shape index (κ2) is 12.3. The van der Waals surface area contributed by atoms with E-state index in [1.165, 1.54) is 30.2 Å². The molecule has 2 heterocycles. The molecule has 0 saturated carbocycles. The zero-order valence-corrected chi connectivity index (χ0v) is 25.3. The Bertz CT molecular complexity index is 1670. The highest BCUT2D eigenvalue weighted by Gasteiger charge is 2.41. The van der Waals surface area contributed by atoms with Gasteiger partial charge in [-0.3, -0.25) is 14.5 Å². The van der Waals surface area contributed by atoms with E-state index in [0.717, 1.165) is 16.8 Å². The molecule has 0 spiro atoms. The number of ether oxygens (including phenoxy) is 2. The van der Waals surface area contributed by atoms with Crippen molar-refractivity contribution in [3.05, 3.63) is 75.8 Å². The molecule has 10 nitrogen and oxygen atoms in total. The molecule has 216 valence electrons. The number of methoxy groups -OCH3 is 2. The number of carbonyl (C=O) groups is 2. The quantitative estimate of drug-likeness (QED) is 0.330. The molecule has 5 rings (SSSR count). The number of carbonyl (C=O) groups excluding carboxylic acids is 2. The number of allylic oxidation sites excluding steroid dienone is 3. The monoisotopic (exact) mass is 602 g/mol. The summed E-state index contributed by atoms with van der Waals surface area (Å²) in [6.45, 7) is 3.96. The van der Waals surface area contributed by atoms with E-state index in [1.54, 1.807) is 24.1 Å². The first-order chi connectivity index (χ1) is 20.2. The van der Waals surface area contributed by atoms with Gasteiger partial charge in [0.25, 0.3) is 0 Å². The van der Waals surface area contributed by atoms with Crippen LogP contribution in [0.3, 0.4) is 0 Å². The number of nitrogens with two attached hydrogens (primary N) is 1. The Morgan fingerprint density at radius 3 is 2.67 bits per heavy atom. The molecular weight excluding hydrogens is 573 g/mol. The minimum Gasteiger partial charge on any atom is -0.493 e. The Morgan fingerprint density at radius 1 is 1.17 bits per heavy atom. The van der Waals surface area contributed by atoms with Crippen LogP contribution >= 0.6 is 23.1 Å². The number of hydrogen-bond acceptors (Lipinski definition) is 11. The van der Waals surface area contributed by atoms with Crippen molar-refractivity contribution in [1.29, 1.82) is 5.26 Å². The number of ketones is 1. The molecule has 1 unspecified atom stereocenters. The molecule has 1 aliphatic carbocycles. The molecule has 0 saturated heterocycles. The normalized spacial score (nSPS) is 16.7. The van der Waals surface area contributed by atoms with Crippen LogP contribution in [0.1, 0.15) is 41.9 Å². The number of anilines is 2. The molecule has 3 aromatic rings. The first kappa shape index (κ1) is 29.2. The van der Waals surface area contributed by atoms with Gasteiger partial charge in [0, 0.05) is 23.4 Å². The standard InChI is InChI=1S/C30H30N6O4S2/c1-16-8-10-20(17(2)12-16)33-25(38)15-41-30-35-34-29(42-30)36-21-6-5-7-22(37)27(21)26(19(14-31)28(36)32)18-9-11-23(39-3)24(13-18)40-4/h8-13,26H,5-7,15,32H2,1-4H3,(H,33,38). The molecule has 12 heteroatoms. The number of Topliss-reactive ketones (excluding diaryl/α,β-unsaturated/α-hetero) is 1. The number of aryl methyl sites for hydroxylation is 2. The summed E-state index contributed by atoms with van der Waals surface area (Å²) in [5.41, 5.74) is 11.7. The van der Waals surface area contributed by atoms with Crippen molar-refractivity contribution in [3.8, 4) is 17.6 Å². The molecule has 1 aliphatic heterocycles. The van der Waals surface area contributed by atoms with Crippen molar-refractivity contribution in [2.75, 3.05) is 30.2 Å². The highest BCUT2D eigenvalue weighted by Crippen LogP contribution is 2.48. The summed E-state index contributed by atoms with van der Waals surface area (Å²) in [7, 11) is 3.08. The molecule has 2 aromatic carbocycles. The Labute approximate surface area is 252 Å². The lowest BCUT2D eigenvalue weighted by Gasteiger charge is -2.38. The number of rotatable bonds is 8.